The van der Waals surface area contributed by atoms with Crippen molar-refractivity contribution >= 4 is 32.7 Å². The van der Waals surface area contributed by atoms with Gasteiger partial charge in [-0.05, 0) is 18.2 Å². The molecule has 1 aromatic carbocycles. The Labute approximate surface area is 125 Å². The summed E-state index contributed by atoms with van der Waals surface area (Å²) < 4.78 is 36.7. The third-order valence-corrected chi connectivity index (χ3v) is 4.30. The molecule has 0 radical (unpaired) electrons. The van der Waals surface area contributed by atoms with Crippen LogP contribution in [-0.2, 0) is 14.8 Å². The number of Topliss-reactive ketones (excluding diaryl/α,β-unsaturated/α-hetero) is 1. The van der Waals surface area contributed by atoms with Crippen molar-refractivity contribution in [1.82, 2.24) is 4.72 Å². The molecule has 2 aromatic rings. The molecule has 22 heavy (non-hydrogen) atoms. The van der Waals surface area contributed by atoms with Crippen LogP contribution >= 0.6 is 0 Å². The van der Waals surface area contributed by atoms with Crippen LogP contribution in [0.4, 0.5) is 0 Å². The van der Waals surface area contributed by atoms with Crippen molar-refractivity contribution in [2.24, 2.45) is 0 Å². The number of aliphatic carboxylic acids is 1. The van der Waals surface area contributed by atoms with E-state index in [-0.39, 0.29) is 22.0 Å². The predicted octanol–water partition coefficient (Wildman–Crippen LogP) is 1.01. The molecule has 0 spiro atoms. The van der Waals surface area contributed by atoms with Crippen LogP contribution in [0.2, 0.25) is 0 Å². The molecule has 0 saturated heterocycles. The average molecular weight is 327 g/mol. The maximum atomic E-state index is 12.2. The molecular formula is C13H13NO7S. The van der Waals surface area contributed by atoms with Gasteiger partial charge in [0, 0.05) is 6.92 Å². The summed E-state index contributed by atoms with van der Waals surface area (Å²) >= 11 is 0. The van der Waals surface area contributed by atoms with E-state index in [1.165, 1.54) is 32.2 Å². The summed E-state index contributed by atoms with van der Waals surface area (Å²) in [7, 11) is -2.72. The molecule has 0 bridgehead atoms. The summed E-state index contributed by atoms with van der Waals surface area (Å²) in [4.78, 5) is 21.7. The highest BCUT2D eigenvalue weighted by Gasteiger charge is 2.24. The van der Waals surface area contributed by atoms with E-state index in [1.54, 1.807) is 0 Å². The van der Waals surface area contributed by atoms with E-state index in [2.05, 4.69) is 0 Å². The standard InChI is InChI=1S/C13H13NO7S/c1-7(15)10-5-8-9(20-2)3-4-11(13(8)21-10)22(18,19)14-6-12(16)17/h3-5,14H,6H2,1-2H3,(H,16,17). The number of carboxylic acid groups (broad SMARTS) is 1. The number of fused-ring (bicyclic) bond motifs is 1. The van der Waals surface area contributed by atoms with Crippen molar-refractivity contribution in [3.63, 3.8) is 0 Å². The summed E-state index contributed by atoms with van der Waals surface area (Å²) in [6.45, 7) is 0.511. The number of rotatable bonds is 6. The minimum Gasteiger partial charge on any atom is -0.496 e. The number of hydrogen-bond acceptors (Lipinski definition) is 6. The molecule has 0 aliphatic heterocycles. The highest BCUT2D eigenvalue weighted by Crippen LogP contribution is 2.33. The van der Waals surface area contributed by atoms with Crippen molar-refractivity contribution in [2.45, 2.75) is 11.8 Å². The number of methoxy groups -OCH3 is 1. The van der Waals surface area contributed by atoms with Gasteiger partial charge in [-0.3, -0.25) is 9.59 Å². The molecule has 8 nitrogen and oxygen atoms in total. The molecule has 0 fully saturated rings. The van der Waals surface area contributed by atoms with Crippen molar-refractivity contribution in [3.05, 3.63) is 24.0 Å². The zero-order valence-electron chi connectivity index (χ0n) is 11.7. The van der Waals surface area contributed by atoms with E-state index in [0.717, 1.165) is 0 Å². The summed E-state index contributed by atoms with van der Waals surface area (Å²) in [5.74, 6) is -1.38. The number of carboxylic acids is 1. The van der Waals surface area contributed by atoms with Crippen LogP contribution in [0.25, 0.3) is 11.0 Å². The van der Waals surface area contributed by atoms with Gasteiger partial charge in [0.2, 0.25) is 10.0 Å². The van der Waals surface area contributed by atoms with Gasteiger partial charge in [0.1, 0.15) is 17.2 Å². The monoisotopic (exact) mass is 327 g/mol. The largest absolute Gasteiger partial charge is 0.496 e. The van der Waals surface area contributed by atoms with Crippen molar-refractivity contribution in [2.75, 3.05) is 13.7 Å². The lowest BCUT2D eigenvalue weighted by Crippen LogP contribution is -2.29. The van der Waals surface area contributed by atoms with Crippen LogP contribution in [0.15, 0.2) is 27.5 Å². The Morgan fingerprint density at radius 2 is 2.05 bits per heavy atom. The quantitative estimate of drug-likeness (QED) is 0.759. The SMILES string of the molecule is COc1ccc(S(=O)(=O)NCC(=O)O)c2oc(C(C)=O)cc12. The van der Waals surface area contributed by atoms with E-state index < -0.39 is 22.5 Å². The third kappa shape index (κ3) is 2.95. The van der Waals surface area contributed by atoms with Gasteiger partial charge in [0.15, 0.2) is 17.1 Å². The summed E-state index contributed by atoms with van der Waals surface area (Å²) in [5, 5.41) is 8.89. The maximum absolute atomic E-state index is 12.2. The van der Waals surface area contributed by atoms with E-state index >= 15 is 0 Å². The van der Waals surface area contributed by atoms with E-state index in [1.807, 2.05) is 4.72 Å². The molecule has 0 atom stereocenters. The van der Waals surface area contributed by atoms with Crippen LogP contribution < -0.4 is 9.46 Å². The van der Waals surface area contributed by atoms with Crippen molar-refractivity contribution in [1.29, 1.82) is 0 Å². The molecule has 9 heteroatoms. The van der Waals surface area contributed by atoms with Crippen molar-refractivity contribution in [3.8, 4) is 5.75 Å². The first-order chi connectivity index (χ1) is 10.3. The van der Waals surface area contributed by atoms with Gasteiger partial charge in [-0.1, -0.05) is 0 Å². The molecule has 2 rings (SSSR count). The smallest absolute Gasteiger partial charge is 0.318 e. The number of benzene rings is 1. The van der Waals surface area contributed by atoms with Gasteiger partial charge in [0.25, 0.3) is 0 Å². The van der Waals surface area contributed by atoms with Gasteiger partial charge in [-0.2, -0.15) is 4.72 Å². The topological polar surface area (TPSA) is 123 Å². The number of sulfonamides is 1. The summed E-state index contributed by atoms with van der Waals surface area (Å²) in [5.41, 5.74) is -0.0672. The second-order valence-corrected chi connectivity index (χ2v) is 6.13. The van der Waals surface area contributed by atoms with Gasteiger partial charge in [-0.25, -0.2) is 8.42 Å². The summed E-state index contributed by atoms with van der Waals surface area (Å²) in [6.07, 6.45) is 0. The Bertz CT molecular complexity index is 851. The Hall–Kier alpha value is -2.39. The molecule has 0 saturated carbocycles. The fourth-order valence-corrected chi connectivity index (χ4v) is 2.98. The molecule has 1 heterocycles. The van der Waals surface area contributed by atoms with Crippen LogP contribution in [0.3, 0.4) is 0 Å². The normalized spacial score (nSPS) is 11.5. The second-order valence-electron chi connectivity index (χ2n) is 4.39. The molecule has 0 aliphatic carbocycles. The third-order valence-electron chi connectivity index (χ3n) is 2.88. The number of nitrogens with one attached hydrogen (secondary N) is 1. The lowest BCUT2D eigenvalue weighted by Gasteiger charge is -2.07. The molecule has 1 aromatic heterocycles. The Morgan fingerprint density at radius 3 is 2.59 bits per heavy atom. The first-order valence-corrected chi connectivity index (χ1v) is 7.57. The number of ether oxygens (including phenoxy) is 1. The molecule has 2 N–H and O–H groups in total. The summed E-state index contributed by atoms with van der Waals surface area (Å²) in [6, 6.07) is 4.00. The average Bonchev–Trinajstić information content (AvgIpc) is 2.89. The molecular weight excluding hydrogens is 314 g/mol. The lowest BCUT2D eigenvalue weighted by molar-refractivity contribution is -0.135. The first-order valence-electron chi connectivity index (χ1n) is 6.09. The Kier molecular flexibility index (Phi) is 4.20. The zero-order valence-corrected chi connectivity index (χ0v) is 12.6. The van der Waals surface area contributed by atoms with Gasteiger partial charge in [0.05, 0.1) is 12.5 Å². The fourth-order valence-electron chi connectivity index (χ4n) is 1.87. The predicted molar refractivity (Wildman–Crippen MR) is 75.6 cm³/mol. The Balaban J connectivity index is 2.64. The van der Waals surface area contributed by atoms with E-state index in [9.17, 15) is 18.0 Å². The molecule has 118 valence electrons. The minimum absolute atomic E-state index is 0.0193. The van der Waals surface area contributed by atoms with Gasteiger partial charge >= 0.3 is 5.97 Å². The van der Waals surface area contributed by atoms with Crippen LogP contribution in [0, 0.1) is 0 Å². The van der Waals surface area contributed by atoms with E-state index in [4.69, 9.17) is 14.3 Å². The lowest BCUT2D eigenvalue weighted by atomic mass is 10.2. The van der Waals surface area contributed by atoms with Crippen molar-refractivity contribution < 1.29 is 32.3 Å². The zero-order chi connectivity index (χ0) is 16.5. The maximum Gasteiger partial charge on any atom is 0.318 e. The first kappa shape index (κ1) is 16.0. The van der Waals surface area contributed by atoms with E-state index in [0.29, 0.717) is 11.1 Å². The van der Waals surface area contributed by atoms with Gasteiger partial charge in [-0.15, -0.1) is 0 Å². The Morgan fingerprint density at radius 1 is 1.36 bits per heavy atom. The number of carbonyl (C=O) groups is 2. The molecule has 0 unspecified atom stereocenters. The van der Waals surface area contributed by atoms with Crippen LogP contribution in [-0.4, -0.2) is 38.9 Å². The number of ketones is 1. The molecule has 0 amide bonds. The van der Waals surface area contributed by atoms with Crippen LogP contribution in [0.5, 0.6) is 5.75 Å². The highest BCUT2D eigenvalue weighted by molar-refractivity contribution is 7.89. The van der Waals surface area contributed by atoms with Crippen LogP contribution in [0.1, 0.15) is 17.5 Å². The number of hydrogen-bond donors (Lipinski definition) is 2. The fraction of sp³-hybridized carbons (Fsp3) is 0.231. The molecule has 0 aliphatic rings. The number of carbonyl (C=O) groups excluding carboxylic acids is 1. The second kappa shape index (κ2) is 5.78. The minimum atomic E-state index is -4.11. The number of furan rings is 1. The van der Waals surface area contributed by atoms with Gasteiger partial charge < -0.3 is 14.3 Å². The highest BCUT2D eigenvalue weighted by atomic mass is 32.2.